The highest BCUT2D eigenvalue weighted by atomic mass is 79.9. The van der Waals surface area contributed by atoms with Gasteiger partial charge in [-0.3, -0.25) is 4.68 Å². The van der Waals surface area contributed by atoms with E-state index >= 15 is 0 Å². The van der Waals surface area contributed by atoms with Crippen molar-refractivity contribution in [3.8, 4) is 0 Å². The molecule has 4 heteroatoms. The fourth-order valence-corrected chi connectivity index (χ4v) is 2.16. The van der Waals surface area contributed by atoms with Crippen LogP contribution in [0.25, 0.3) is 0 Å². The van der Waals surface area contributed by atoms with Crippen molar-refractivity contribution in [2.45, 2.75) is 20.4 Å². The molecule has 0 aliphatic carbocycles. The van der Waals surface area contributed by atoms with Crippen LogP contribution in [0.1, 0.15) is 17.0 Å². The molecule has 0 fully saturated rings. The Kier molecular flexibility index (Phi) is 3.52. The maximum absolute atomic E-state index is 4.33. The second-order valence-corrected chi connectivity index (χ2v) is 5.13. The summed E-state index contributed by atoms with van der Waals surface area (Å²) < 4.78 is 3.00. The number of nitrogens with zero attached hydrogens (tertiary/aromatic N) is 2. The zero-order valence-corrected chi connectivity index (χ0v) is 11.9. The van der Waals surface area contributed by atoms with E-state index in [-0.39, 0.29) is 0 Å². The van der Waals surface area contributed by atoms with Crippen molar-refractivity contribution in [2.75, 3.05) is 5.32 Å². The molecular weight excluding hydrogens is 278 g/mol. The van der Waals surface area contributed by atoms with Gasteiger partial charge in [0.1, 0.15) is 0 Å². The van der Waals surface area contributed by atoms with Crippen molar-refractivity contribution in [3.05, 3.63) is 45.7 Å². The van der Waals surface area contributed by atoms with Crippen LogP contribution in [0.3, 0.4) is 0 Å². The van der Waals surface area contributed by atoms with Crippen molar-refractivity contribution in [3.63, 3.8) is 0 Å². The Labute approximate surface area is 110 Å². The largest absolute Gasteiger partial charge is 0.379 e. The average molecular weight is 294 g/mol. The van der Waals surface area contributed by atoms with Crippen LogP contribution >= 0.6 is 15.9 Å². The Morgan fingerprint density at radius 1 is 1.29 bits per heavy atom. The predicted molar refractivity (Wildman–Crippen MR) is 74.2 cm³/mol. The van der Waals surface area contributed by atoms with Gasteiger partial charge in [0.2, 0.25) is 0 Å². The van der Waals surface area contributed by atoms with Gasteiger partial charge in [-0.15, -0.1) is 0 Å². The molecule has 1 aromatic heterocycles. The quantitative estimate of drug-likeness (QED) is 0.940. The lowest BCUT2D eigenvalue weighted by atomic mass is 10.2. The lowest BCUT2D eigenvalue weighted by molar-refractivity contribution is 0.713. The molecule has 2 rings (SSSR count). The Morgan fingerprint density at radius 2 is 2.06 bits per heavy atom. The molecule has 1 N–H and O–H groups in total. The minimum absolute atomic E-state index is 0.786. The van der Waals surface area contributed by atoms with E-state index in [1.54, 1.807) is 0 Å². The van der Waals surface area contributed by atoms with Gasteiger partial charge in [-0.1, -0.05) is 22.0 Å². The van der Waals surface area contributed by atoms with Crippen LogP contribution in [-0.2, 0) is 13.6 Å². The number of hydrogen-bond donors (Lipinski definition) is 1. The molecule has 1 heterocycles. The van der Waals surface area contributed by atoms with Gasteiger partial charge >= 0.3 is 0 Å². The van der Waals surface area contributed by atoms with Crippen molar-refractivity contribution < 1.29 is 0 Å². The van der Waals surface area contributed by atoms with E-state index in [1.807, 2.05) is 18.7 Å². The van der Waals surface area contributed by atoms with E-state index < -0.39 is 0 Å². The third-order valence-corrected chi connectivity index (χ3v) is 3.25. The second-order valence-electron chi connectivity index (χ2n) is 4.21. The molecular formula is C13H16BrN3. The Bertz CT molecular complexity index is 531. The van der Waals surface area contributed by atoms with Crippen LogP contribution in [0, 0.1) is 13.8 Å². The highest BCUT2D eigenvalue weighted by Crippen LogP contribution is 2.21. The highest BCUT2D eigenvalue weighted by Gasteiger charge is 2.03. The molecule has 0 spiro atoms. The molecule has 0 bridgehead atoms. The number of hydrogen-bond acceptors (Lipinski definition) is 2. The van der Waals surface area contributed by atoms with Crippen LogP contribution in [0.4, 0.5) is 5.69 Å². The third-order valence-electron chi connectivity index (χ3n) is 2.76. The molecule has 0 aliphatic heterocycles. The Balaban J connectivity index is 2.12. The first-order valence-electron chi connectivity index (χ1n) is 5.56. The Hall–Kier alpha value is -1.29. The highest BCUT2D eigenvalue weighted by molar-refractivity contribution is 9.10. The van der Waals surface area contributed by atoms with Crippen LogP contribution < -0.4 is 5.32 Å². The van der Waals surface area contributed by atoms with E-state index in [9.17, 15) is 0 Å². The number of rotatable bonds is 3. The summed E-state index contributed by atoms with van der Waals surface area (Å²) >= 11 is 3.48. The van der Waals surface area contributed by atoms with Gasteiger partial charge in [-0.25, -0.2) is 0 Å². The molecule has 17 heavy (non-hydrogen) atoms. The molecule has 0 saturated heterocycles. The zero-order chi connectivity index (χ0) is 12.4. The lowest BCUT2D eigenvalue weighted by Crippen LogP contribution is -2.06. The fourth-order valence-electron chi connectivity index (χ4n) is 1.80. The summed E-state index contributed by atoms with van der Waals surface area (Å²) in [6.07, 6.45) is 0. The van der Waals surface area contributed by atoms with Gasteiger partial charge in [0.05, 0.1) is 17.9 Å². The summed E-state index contributed by atoms with van der Waals surface area (Å²) in [4.78, 5) is 0. The van der Waals surface area contributed by atoms with Crippen LogP contribution in [0.2, 0.25) is 0 Å². The zero-order valence-electron chi connectivity index (χ0n) is 10.3. The number of aryl methyl sites for hydroxylation is 3. The number of halogens is 1. The summed E-state index contributed by atoms with van der Waals surface area (Å²) in [6, 6.07) is 8.34. The first-order chi connectivity index (χ1) is 8.06. The molecule has 3 nitrogen and oxygen atoms in total. The van der Waals surface area contributed by atoms with Crippen molar-refractivity contribution in [1.29, 1.82) is 0 Å². The van der Waals surface area contributed by atoms with Crippen molar-refractivity contribution in [2.24, 2.45) is 7.05 Å². The normalized spacial score (nSPS) is 10.6. The summed E-state index contributed by atoms with van der Waals surface area (Å²) in [5.41, 5.74) is 4.63. The monoisotopic (exact) mass is 293 g/mol. The number of nitrogens with one attached hydrogen (secondary N) is 1. The van der Waals surface area contributed by atoms with Gasteiger partial charge < -0.3 is 5.32 Å². The van der Waals surface area contributed by atoms with E-state index in [1.165, 1.54) is 11.3 Å². The molecule has 0 saturated carbocycles. The SMILES string of the molecule is Cc1cc(CNc2cc(Br)ccc2C)n(C)n1. The lowest BCUT2D eigenvalue weighted by Gasteiger charge is -2.10. The minimum atomic E-state index is 0.786. The predicted octanol–water partition coefficient (Wildman–Crippen LogP) is 3.41. The van der Waals surface area contributed by atoms with Crippen molar-refractivity contribution in [1.82, 2.24) is 9.78 Å². The van der Waals surface area contributed by atoms with Crippen LogP contribution in [0.5, 0.6) is 0 Å². The summed E-state index contributed by atoms with van der Waals surface area (Å²) in [5.74, 6) is 0. The summed E-state index contributed by atoms with van der Waals surface area (Å²) in [6.45, 7) is 4.89. The van der Waals surface area contributed by atoms with Gasteiger partial charge in [-0.2, -0.15) is 5.10 Å². The first kappa shape index (κ1) is 12.2. The maximum Gasteiger partial charge on any atom is 0.0597 e. The number of anilines is 1. The van der Waals surface area contributed by atoms with E-state index in [0.717, 1.165) is 22.4 Å². The van der Waals surface area contributed by atoms with E-state index in [0.29, 0.717) is 0 Å². The van der Waals surface area contributed by atoms with Gasteiger partial charge in [-0.05, 0) is 37.6 Å². The van der Waals surface area contributed by atoms with Crippen molar-refractivity contribution >= 4 is 21.6 Å². The Morgan fingerprint density at radius 3 is 2.71 bits per heavy atom. The van der Waals surface area contributed by atoms with Gasteiger partial charge in [0, 0.05) is 17.2 Å². The molecule has 0 atom stereocenters. The summed E-state index contributed by atoms with van der Waals surface area (Å²) in [7, 11) is 1.97. The number of aromatic nitrogens is 2. The van der Waals surface area contributed by atoms with E-state index in [4.69, 9.17) is 0 Å². The first-order valence-corrected chi connectivity index (χ1v) is 6.35. The summed E-state index contributed by atoms with van der Waals surface area (Å²) in [5, 5.41) is 7.76. The van der Waals surface area contributed by atoms with Gasteiger partial charge in [0.15, 0.2) is 0 Å². The fraction of sp³-hybridized carbons (Fsp3) is 0.308. The standard InChI is InChI=1S/C13H16BrN3/c1-9-4-5-11(14)7-13(9)15-8-12-6-10(2)16-17(12)3/h4-7,15H,8H2,1-3H3. The third kappa shape index (κ3) is 2.88. The minimum Gasteiger partial charge on any atom is -0.379 e. The smallest absolute Gasteiger partial charge is 0.0597 e. The second kappa shape index (κ2) is 4.92. The average Bonchev–Trinajstić information content (AvgIpc) is 2.59. The molecule has 0 unspecified atom stereocenters. The molecule has 2 aromatic rings. The van der Waals surface area contributed by atoms with Crippen LogP contribution in [0.15, 0.2) is 28.7 Å². The topological polar surface area (TPSA) is 29.9 Å². The van der Waals surface area contributed by atoms with Gasteiger partial charge in [0.25, 0.3) is 0 Å². The molecule has 0 radical (unpaired) electrons. The number of benzene rings is 1. The van der Waals surface area contributed by atoms with Crippen LogP contribution in [-0.4, -0.2) is 9.78 Å². The molecule has 90 valence electrons. The van der Waals surface area contributed by atoms with E-state index in [2.05, 4.69) is 57.5 Å². The maximum atomic E-state index is 4.33. The molecule has 1 aromatic carbocycles. The molecule has 0 amide bonds. The molecule has 0 aliphatic rings.